The van der Waals surface area contributed by atoms with Crippen molar-refractivity contribution in [3.05, 3.63) is 29.8 Å². The number of amides is 2. The van der Waals surface area contributed by atoms with E-state index in [9.17, 15) is 9.59 Å². The summed E-state index contributed by atoms with van der Waals surface area (Å²) in [4.78, 5) is 27.4. The number of carbonyl (C=O) groups is 2. The van der Waals surface area contributed by atoms with Crippen LogP contribution in [0, 0.1) is 11.8 Å². The number of nitrogens with one attached hydrogen (secondary N) is 1. The highest BCUT2D eigenvalue weighted by Gasteiger charge is 2.31. The molecule has 4 heteroatoms. The summed E-state index contributed by atoms with van der Waals surface area (Å²) in [6, 6.07) is 8.04. The van der Waals surface area contributed by atoms with Gasteiger partial charge in [-0.3, -0.25) is 9.59 Å². The Morgan fingerprint density at radius 3 is 2.27 bits per heavy atom. The average Bonchev–Trinajstić information content (AvgIpc) is 2.68. The van der Waals surface area contributed by atoms with E-state index in [-0.39, 0.29) is 17.7 Å². The zero-order valence-electron chi connectivity index (χ0n) is 16.2. The van der Waals surface area contributed by atoms with Gasteiger partial charge in [0, 0.05) is 30.6 Å². The molecule has 0 aromatic heterocycles. The van der Waals surface area contributed by atoms with Gasteiger partial charge in [-0.2, -0.15) is 0 Å². The van der Waals surface area contributed by atoms with Crippen LogP contribution in [0.1, 0.15) is 70.3 Å². The molecule has 2 aliphatic rings. The van der Waals surface area contributed by atoms with Crippen molar-refractivity contribution in [1.82, 2.24) is 4.90 Å². The topological polar surface area (TPSA) is 49.4 Å². The van der Waals surface area contributed by atoms with E-state index < -0.39 is 0 Å². The number of likely N-dealkylation sites (tertiary alicyclic amines) is 1. The highest BCUT2D eigenvalue weighted by molar-refractivity contribution is 5.93. The molecule has 0 bridgehead atoms. The highest BCUT2D eigenvalue weighted by atomic mass is 16.2. The number of hydrogen-bond donors (Lipinski definition) is 1. The van der Waals surface area contributed by atoms with Crippen molar-refractivity contribution in [2.45, 2.75) is 64.7 Å². The molecule has 1 aliphatic carbocycles. The summed E-state index contributed by atoms with van der Waals surface area (Å²) >= 11 is 0. The molecule has 1 aromatic carbocycles. The van der Waals surface area contributed by atoms with Gasteiger partial charge >= 0.3 is 0 Å². The van der Waals surface area contributed by atoms with Crippen molar-refractivity contribution in [1.29, 1.82) is 0 Å². The fourth-order valence-electron chi connectivity index (χ4n) is 4.32. The first-order valence-electron chi connectivity index (χ1n) is 10.2. The molecule has 0 spiro atoms. The molecule has 3 rings (SSSR count). The molecule has 2 amide bonds. The molecule has 1 saturated carbocycles. The molecule has 1 saturated heterocycles. The maximum absolute atomic E-state index is 12.7. The molecule has 142 valence electrons. The Morgan fingerprint density at radius 1 is 0.962 bits per heavy atom. The van der Waals surface area contributed by atoms with Crippen LogP contribution in [0.3, 0.4) is 0 Å². The normalized spacial score (nSPS) is 19.6. The van der Waals surface area contributed by atoms with E-state index >= 15 is 0 Å². The second kappa shape index (κ2) is 8.70. The van der Waals surface area contributed by atoms with Crippen molar-refractivity contribution in [3.63, 3.8) is 0 Å². The maximum Gasteiger partial charge on any atom is 0.227 e. The minimum absolute atomic E-state index is 0.00521. The number of para-hydroxylation sites is 1. The summed E-state index contributed by atoms with van der Waals surface area (Å²) in [7, 11) is 0. The van der Waals surface area contributed by atoms with Gasteiger partial charge in [0.25, 0.3) is 0 Å². The fraction of sp³-hybridized carbons (Fsp3) is 0.636. The van der Waals surface area contributed by atoms with E-state index in [1.54, 1.807) is 0 Å². The van der Waals surface area contributed by atoms with E-state index in [1.165, 1.54) is 24.8 Å². The molecule has 1 aromatic rings. The van der Waals surface area contributed by atoms with E-state index in [4.69, 9.17) is 0 Å². The lowest BCUT2D eigenvalue weighted by Gasteiger charge is -2.34. The third kappa shape index (κ3) is 4.46. The van der Waals surface area contributed by atoms with Crippen molar-refractivity contribution in [2.24, 2.45) is 11.8 Å². The summed E-state index contributed by atoms with van der Waals surface area (Å²) in [5.74, 6) is 1.04. The van der Waals surface area contributed by atoms with E-state index in [1.807, 2.05) is 23.1 Å². The fourth-order valence-corrected chi connectivity index (χ4v) is 4.32. The smallest absolute Gasteiger partial charge is 0.227 e. The number of hydrogen-bond acceptors (Lipinski definition) is 2. The molecule has 1 heterocycles. The lowest BCUT2D eigenvalue weighted by molar-refractivity contribution is -0.139. The number of carbonyl (C=O) groups excluding carboxylic acids is 2. The molecule has 1 aliphatic heterocycles. The van der Waals surface area contributed by atoms with E-state index in [0.717, 1.165) is 44.5 Å². The SMILES string of the molecule is CC(C)c1ccccc1NC(=O)C1CCN(C(=O)C2CCCCC2)CC1. The lowest BCUT2D eigenvalue weighted by Crippen LogP contribution is -2.44. The van der Waals surface area contributed by atoms with Gasteiger partial charge < -0.3 is 10.2 Å². The van der Waals surface area contributed by atoms with Crippen LogP contribution in [0.25, 0.3) is 0 Å². The van der Waals surface area contributed by atoms with E-state index in [0.29, 0.717) is 11.8 Å². The minimum Gasteiger partial charge on any atom is -0.342 e. The lowest BCUT2D eigenvalue weighted by atomic mass is 9.87. The van der Waals surface area contributed by atoms with Gasteiger partial charge in [-0.15, -0.1) is 0 Å². The predicted octanol–water partition coefficient (Wildman–Crippen LogP) is 4.57. The average molecular weight is 357 g/mol. The first kappa shape index (κ1) is 18.9. The van der Waals surface area contributed by atoms with Gasteiger partial charge in [0.1, 0.15) is 0 Å². The Hall–Kier alpha value is -1.84. The molecule has 4 nitrogen and oxygen atoms in total. The second-order valence-electron chi connectivity index (χ2n) is 8.17. The maximum atomic E-state index is 12.7. The Morgan fingerprint density at radius 2 is 1.62 bits per heavy atom. The summed E-state index contributed by atoms with van der Waals surface area (Å²) in [5, 5.41) is 3.13. The number of nitrogens with zero attached hydrogens (tertiary/aromatic N) is 1. The highest BCUT2D eigenvalue weighted by Crippen LogP contribution is 2.29. The Balaban J connectivity index is 1.53. The van der Waals surface area contributed by atoms with Crippen LogP contribution in [0.2, 0.25) is 0 Å². The van der Waals surface area contributed by atoms with Crippen LogP contribution in [0.5, 0.6) is 0 Å². The van der Waals surface area contributed by atoms with Crippen LogP contribution in [0.4, 0.5) is 5.69 Å². The third-order valence-electron chi connectivity index (χ3n) is 5.97. The van der Waals surface area contributed by atoms with Crippen molar-refractivity contribution in [3.8, 4) is 0 Å². The molecule has 1 N–H and O–H groups in total. The standard InChI is InChI=1S/C22H32N2O2/c1-16(2)19-10-6-7-11-20(19)23-21(25)17-12-14-24(15-13-17)22(26)18-8-4-3-5-9-18/h6-7,10-11,16-18H,3-5,8-9,12-15H2,1-2H3,(H,23,25). The summed E-state index contributed by atoms with van der Waals surface area (Å²) < 4.78 is 0. The molecule has 0 radical (unpaired) electrons. The third-order valence-corrected chi connectivity index (χ3v) is 5.97. The Bertz CT molecular complexity index is 627. The van der Waals surface area contributed by atoms with Crippen LogP contribution in [-0.4, -0.2) is 29.8 Å². The largest absolute Gasteiger partial charge is 0.342 e. The number of benzene rings is 1. The van der Waals surface area contributed by atoms with Gasteiger partial charge in [-0.05, 0) is 43.2 Å². The zero-order valence-corrected chi connectivity index (χ0v) is 16.2. The van der Waals surface area contributed by atoms with Gasteiger partial charge in [-0.25, -0.2) is 0 Å². The quantitative estimate of drug-likeness (QED) is 0.859. The Kier molecular flexibility index (Phi) is 6.33. The number of anilines is 1. The van der Waals surface area contributed by atoms with Gasteiger partial charge in [-0.1, -0.05) is 51.3 Å². The van der Waals surface area contributed by atoms with Crippen molar-refractivity contribution >= 4 is 17.5 Å². The van der Waals surface area contributed by atoms with E-state index in [2.05, 4.69) is 25.2 Å². The number of piperidine rings is 1. The van der Waals surface area contributed by atoms with Crippen LogP contribution in [-0.2, 0) is 9.59 Å². The Labute approximate surface area is 157 Å². The first-order valence-corrected chi connectivity index (χ1v) is 10.2. The predicted molar refractivity (Wildman–Crippen MR) is 105 cm³/mol. The molecule has 0 unspecified atom stereocenters. The van der Waals surface area contributed by atoms with Gasteiger partial charge in [0.2, 0.25) is 11.8 Å². The summed E-state index contributed by atoms with van der Waals surface area (Å²) in [6.45, 7) is 5.72. The van der Waals surface area contributed by atoms with Crippen molar-refractivity contribution < 1.29 is 9.59 Å². The van der Waals surface area contributed by atoms with Crippen LogP contribution < -0.4 is 5.32 Å². The molecule has 26 heavy (non-hydrogen) atoms. The minimum atomic E-state index is 0.00521. The molecular formula is C22H32N2O2. The molecule has 2 fully saturated rings. The van der Waals surface area contributed by atoms with Crippen molar-refractivity contribution in [2.75, 3.05) is 18.4 Å². The monoisotopic (exact) mass is 356 g/mol. The second-order valence-corrected chi connectivity index (χ2v) is 8.17. The number of rotatable bonds is 4. The van der Waals surface area contributed by atoms with Gasteiger partial charge in [0.15, 0.2) is 0 Å². The first-order chi connectivity index (χ1) is 12.6. The molecular weight excluding hydrogens is 324 g/mol. The molecule has 0 atom stereocenters. The van der Waals surface area contributed by atoms with Crippen LogP contribution >= 0.6 is 0 Å². The zero-order chi connectivity index (χ0) is 18.5. The summed E-state index contributed by atoms with van der Waals surface area (Å²) in [5.41, 5.74) is 2.10. The van der Waals surface area contributed by atoms with Crippen LogP contribution in [0.15, 0.2) is 24.3 Å². The van der Waals surface area contributed by atoms with Gasteiger partial charge in [0.05, 0.1) is 0 Å². The summed E-state index contributed by atoms with van der Waals surface area (Å²) in [6.07, 6.45) is 7.28.